The van der Waals surface area contributed by atoms with Crippen molar-refractivity contribution in [3.63, 3.8) is 0 Å². The van der Waals surface area contributed by atoms with E-state index in [4.69, 9.17) is 16.3 Å². The van der Waals surface area contributed by atoms with Crippen molar-refractivity contribution in [3.8, 4) is 0 Å². The van der Waals surface area contributed by atoms with Crippen molar-refractivity contribution in [2.75, 3.05) is 19.8 Å². The maximum atomic E-state index is 13.3. The van der Waals surface area contributed by atoms with Crippen molar-refractivity contribution in [3.05, 3.63) is 70.5 Å². The van der Waals surface area contributed by atoms with Crippen LogP contribution in [0.25, 0.3) is 0 Å². The Kier molecular flexibility index (Phi) is 6.65. The van der Waals surface area contributed by atoms with Gasteiger partial charge in [0.1, 0.15) is 5.82 Å². The summed E-state index contributed by atoms with van der Waals surface area (Å²) in [7, 11) is 0. The summed E-state index contributed by atoms with van der Waals surface area (Å²) in [5.74, 6) is -1.70. The molecule has 1 aliphatic heterocycles. The molecule has 0 aliphatic carbocycles. The zero-order chi connectivity index (χ0) is 20.0. The average Bonchev–Trinajstić information content (AvgIpc) is 2.72. The van der Waals surface area contributed by atoms with E-state index < -0.39 is 11.8 Å². The van der Waals surface area contributed by atoms with Gasteiger partial charge in [-0.1, -0.05) is 35.9 Å². The van der Waals surface area contributed by atoms with Crippen molar-refractivity contribution in [2.24, 2.45) is 0 Å². The maximum Gasteiger partial charge on any atom is 0.309 e. The van der Waals surface area contributed by atoms with E-state index in [1.54, 1.807) is 36.4 Å². The van der Waals surface area contributed by atoms with Gasteiger partial charge in [-0.05, 0) is 48.2 Å². The predicted molar refractivity (Wildman–Crippen MR) is 104 cm³/mol. The molecule has 0 atom stereocenters. The van der Waals surface area contributed by atoms with Crippen molar-refractivity contribution in [1.82, 2.24) is 10.6 Å². The van der Waals surface area contributed by atoms with Gasteiger partial charge in [-0.25, -0.2) is 4.39 Å². The number of benzene rings is 2. The molecular weight excluding hydrogens is 383 g/mol. The molecule has 1 heterocycles. The van der Waals surface area contributed by atoms with E-state index >= 15 is 0 Å². The van der Waals surface area contributed by atoms with Gasteiger partial charge in [-0.3, -0.25) is 9.59 Å². The lowest BCUT2D eigenvalue weighted by atomic mass is 9.74. The average molecular weight is 405 g/mol. The van der Waals surface area contributed by atoms with Crippen LogP contribution in [0, 0.1) is 5.82 Å². The van der Waals surface area contributed by atoms with Crippen LogP contribution < -0.4 is 10.6 Å². The van der Waals surface area contributed by atoms with Gasteiger partial charge in [0.25, 0.3) is 0 Å². The molecule has 0 radical (unpaired) electrons. The molecule has 5 nitrogen and oxygen atoms in total. The van der Waals surface area contributed by atoms with Crippen molar-refractivity contribution >= 4 is 23.4 Å². The van der Waals surface area contributed by atoms with Gasteiger partial charge in [0.2, 0.25) is 0 Å². The minimum Gasteiger partial charge on any atom is -0.381 e. The first-order valence-electron chi connectivity index (χ1n) is 9.13. The van der Waals surface area contributed by atoms with Gasteiger partial charge in [-0.15, -0.1) is 0 Å². The zero-order valence-corrected chi connectivity index (χ0v) is 16.1. The lowest BCUT2D eigenvalue weighted by molar-refractivity contribution is -0.139. The maximum absolute atomic E-state index is 13.3. The molecule has 7 heteroatoms. The van der Waals surface area contributed by atoms with Crippen LogP contribution in [0.2, 0.25) is 5.02 Å². The van der Waals surface area contributed by atoms with Gasteiger partial charge in [0, 0.05) is 36.7 Å². The largest absolute Gasteiger partial charge is 0.381 e. The van der Waals surface area contributed by atoms with Crippen molar-refractivity contribution < 1.29 is 18.7 Å². The van der Waals surface area contributed by atoms with Gasteiger partial charge in [0.05, 0.1) is 0 Å². The number of carbonyl (C=O) groups excluding carboxylic acids is 2. The second-order valence-electron chi connectivity index (χ2n) is 6.89. The highest BCUT2D eigenvalue weighted by Gasteiger charge is 2.35. The van der Waals surface area contributed by atoms with Crippen LogP contribution in [0.5, 0.6) is 0 Å². The molecule has 2 aromatic rings. The summed E-state index contributed by atoms with van der Waals surface area (Å²) >= 11 is 5.83. The molecule has 0 unspecified atom stereocenters. The van der Waals surface area contributed by atoms with E-state index in [1.165, 1.54) is 12.1 Å². The smallest absolute Gasteiger partial charge is 0.309 e. The Bertz CT molecular complexity index is 819. The number of hydrogen-bond donors (Lipinski definition) is 2. The van der Waals surface area contributed by atoms with Gasteiger partial charge >= 0.3 is 11.8 Å². The second-order valence-corrected chi connectivity index (χ2v) is 7.33. The third-order valence-corrected chi connectivity index (χ3v) is 5.32. The molecular formula is C21H22ClFN2O3. The normalized spacial score (nSPS) is 15.6. The van der Waals surface area contributed by atoms with E-state index in [9.17, 15) is 14.0 Å². The topological polar surface area (TPSA) is 67.4 Å². The highest BCUT2D eigenvalue weighted by molar-refractivity contribution is 6.35. The highest BCUT2D eigenvalue weighted by atomic mass is 35.5. The zero-order valence-electron chi connectivity index (χ0n) is 15.3. The summed E-state index contributed by atoms with van der Waals surface area (Å²) in [6, 6.07) is 13.3. The Hall–Kier alpha value is -2.44. The van der Waals surface area contributed by atoms with E-state index in [2.05, 4.69) is 10.6 Å². The molecule has 2 amide bonds. The number of ether oxygens (including phenoxy) is 1. The molecule has 0 spiro atoms. The first kappa shape index (κ1) is 20.3. The SMILES string of the molecule is O=C(NCc1ccc(Cl)cc1)C(=O)NCC1(c2ccc(F)cc2)CCOCC1. The van der Waals surface area contributed by atoms with Crippen LogP contribution in [0.15, 0.2) is 48.5 Å². The fourth-order valence-corrected chi connectivity index (χ4v) is 3.45. The summed E-state index contributed by atoms with van der Waals surface area (Å²) < 4.78 is 18.7. The van der Waals surface area contributed by atoms with Crippen LogP contribution in [0.4, 0.5) is 4.39 Å². The summed E-state index contributed by atoms with van der Waals surface area (Å²) in [6.45, 7) is 1.63. The summed E-state index contributed by atoms with van der Waals surface area (Å²) in [4.78, 5) is 24.4. The fourth-order valence-electron chi connectivity index (χ4n) is 3.33. The Labute approximate surface area is 168 Å². The number of carbonyl (C=O) groups is 2. The molecule has 1 fully saturated rings. The monoisotopic (exact) mass is 404 g/mol. The van der Waals surface area contributed by atoms with E-state index in [0.29, 0.717) is 31.1 Å². The Balaban J connectivity index is 1.59. The van der Waals surface area contributed by atoms with Crippen LogP contribution in [-0.4, -0.2) is 31.6 Å². The molecule has 1 aliphatic rings. The minimum atomic E-state index is -0.698. The number of hydrogen-bond acceptors (Lipinski definition) is 3. The van der Waals surface area contributed by atoms with E-state index in [1.807, 2.05) is 0 Å². The Morgan fingerprint density at radius 3 is 2.21 bits per heavy atom. The van der Waals surface area contributed by atoms with Gasteiger partial charge in [-0.2, -0.15) is 0 Å². The van der Waals surface area contributed by atoms with E-state index in [-0.39, 0.29) is 24.3 Å². The molecule has 148 valence electrons. The highest BCUT2D eigenvalue weighted by Crippen LogP contribution is 2.34. The third-order valence-electron chi connectivity index (χ3n) is 5.07. The lowest BCUT2D eigenvalue weighted by Crippen LogP contribution is -2.48. The summed E-state index contributed by atoms with van der Waals surface area (Å²) in [5.41, 5.74) is 1.40. The first-order chi connectivity index (χ1) is 13.5. The van der Waals surface area contributed by atoms with Crippen LogP contribution >= 0.6 is 11.6 Å². The Morgan fingerprint density at radius 1 is 0.964 bits per heavy atom. The van der Waals surface area contributed by atoms with Crippen molar-refractivity contribution in [2.45, 2.75) is 24.8 Å². The number of amides is 2. The molecule has 0 bridgehead atoms. The predicted octanol–water partition coefficient (Wildman–Crippen LogP) is 2.96. The van der Waals surface area contributed by atoms with Gasteiger partial charge in [0.15, 0.2) is 0 Å². The van der Waals surface area contributed by atoms with Crippen LogP contribution in [0.3, 0.4) is 0 Å². The van der Waals surface area contributed by atoms with Crippen LogP contribution in [-0.2, 0) is 26.3 Å². The fraction of sp³-hybridized carbons (Fsp3) is 0.333. The lowest BCUT2D eigenvalue weighted by Gasteiger charge is -2.37. The quantitative estimate of drug-likeness (QED) is 0.753. The van der Waals surface area contributed by atoms with Crippen molar-refractivity contribution in [1.29, 1.82) is 0 Å². The second kappa shape index (κ2) is 9.17. The molecule has 0 saturated carbocycles. The minimum absolute atomic E-state index is 0.236. The van der Waals surface area contributed by atoms with E-state index in [0.717, 1.165) is 11.1 Å². The Morgan fingerprint density at radius 2 is 1.57 bits per heavy atom. The molecule has 2 aromatic carbocycles. The molecule has 28 heavy (non-hydrogen) atoms. The van der Waals surface area contributed by atoms with Gasteiger partial charge < -0.3 is 15.4 Å². The molecule has 3 rings (SSSR count). The molecule has 1 saturated heterocycles. The summed E-state index contributed by atoms with van der Waals surface area (Å²) in [5, 5.41) is 5.93. The number of nitrogens with one attached hydrogen (secondary N) is 2. The summed E-state index contributed by atoms with van der Waals surface area (Å²) in [6.07, 6.45) is 1.37. The first-order valence-corrected chi connectivity index (χ1v) is 9.51. The standard InChI is InChI=1S/C21H22ClFN2O3/c22-17-5-1-15(2-6-17)13-24-19(26)20(27)25-14-21(9-11-28-12-10-21)16-3-7-18(23)8-4-16/h1-8H,9-14H2,(H,24,26)(H,25,27). The number of halogens is 2. The number of rotatable bonds is 5. The molecule has 2 N–H and O–H groups in total. The third kappa shape index (κ3) is 5.09. The molecule has 0 aromatic heterocycles. The van der Waals surface area contributed by atoms with Crippen LogP contribution in [0.1, 0.15) is 24.0 Å².